The molecule has 3 aliphatic rings. The molecule has 4 heteroatoms. The minimum Gasteiger partial charge on any atom is -0.370 e. The summed E-state index contributed by atoms with van der Waals surface area (Å²) >= 11 is 0. The van der Waals surface area contributed by atoms with E-state index in [0.717, 1.165) is 41.8 Å². The van der Waals surface area contributed by atoms with Crippen LogP contribution in [0.4, 0.5) is 5.69 Å². The van der Waals surface area contributed by atoms with Crippen LogP contribution in [-0.4, -0.2) is 29.1 Å². The second kappa shape index (κ2) is 6.73. The number of nitrogens with zero attached hydrogens (tertiary/aromatic N) is 1. The highest BCUT2D eigenvalue weighted by atomic mass is 16.1. The van der Waals surface area contributed by atoms with Crippen molar-refractivity contribution in [1.29, 1.82) is 0 Å². The van der Waals surface area contributed by atoms with E-state index < -0.39 is 17.5 Å². The summed E-state index contributed by atoms with van der Waals surface area (Å²) in [5.74, 6) is -0.494. The van der Waals surface area contributed by atoms with E-state index >= 15 is 0 Å². The van der Waals surface area contributed by atoms with Crippen molar-refractivity contribution in [3.8, 4) is 0 Å². The van der Waals surface area contributed by atoms with Crippen LogP contribution < -0.4 is 5.32 Å². The number of allylic oxidation sites excluding steroid dienone is 1. The number of carbonyl (C=O) groups is 2. The quantitative estimate of drug-likeness (QED) is 0.860. The molecule has 29 heavy (non-hydrogen) atoms. The smallest absolute Gasteiger partial charge is 0.179 e. The van der Waals surface area contributed by atoms with E-state index in [1.54, 1.807) is 0 Å². The lowest BCUT2D eigenvalue weighted by atomic mass is 9.64. The van der Waals surface area contributed by atoms with E-state index in [4.69, 9.17) is 0 Å². The lowest BCUT2D eigenvalue weighted by molar-refractivity contribution is -0.131. The zero-order valence-electron chi connectivity index (χ0n) is 16.5. The van der Waals surface area contributed by atoms with E-state index in [1.165, 1.54) is 12.2 Å². The summed E-state index contributed by atoms with van der Waals surface area (Å²) in [4.78, 5) is 28.5. The number of anilines is 1. The SMILES string of the molecule is CCCCN1C=C2c3ccccc3NC2(c2ccccc2)C2C(=O)C=CC(=O)C21. The van der Waals surface area contributed by atoms with Gasteiger partial charge in [-0.1, -0.05) is 61.9 Å². The molecule has 0 saturated heterocycles. The number of carbonyl (C=O) groups excluding carboxylic acids is 2. The number of para-hydroxylation sites is 1. The standard InChI is InChI=1S/C25H24N2O2/c1-2-3-15-27-16-19-18-11-7-8-12-20(18)26-25(19,17-9-5-4-6-10-17)23-21(28)13-14-22(29)24(23)27/h4-14,16,23-24,26H,2-3,15H2,1H3. The Morgan fingerprint density at radius 3 is 2.48 bits per heavy atom. The highest BCUT2D eigenvalue weighted by Gasteiger charge is 2.59. The van der Waals surface area contributed by atoms with Crippen molar-refractivity contribution in [2.45, 2.75) is 31.3 Å². The van der Waals surface area contributed by atoms with Crippen molar-refractivity contribution >= 4 is 22.8 Å². The van der Waals surface area contributed by atoms with Gasteiger partial charge in [-0.15, -0.1) is 0 Å². The van der Waals surface area contributed by atoms with Crippen LogP contribution in [0.15, 0.2) is 72.9 Å². The molecule has 146 valence electrons. The van der Waals surface area contributed by atoms with E-state index in [1.807, 2.05) is 30.3 Å². The van der Waals surface area contributed by atoms with Crippen LogP contribution >= 0.6 is 0 Å². The number of nitrogens with one attached hydrogen (secondary N) is 1. The third kappa shape index (κ3) is 2.52. The van der Waals surface area contributed by atoms with E-state index in [9.17, 15) is 9.59 Å². The van der Waals surface area contributed by atoms with Gasteiger partial charge in [0.25, 0.3) is 0 Å². The second-order valence-electron chi connectivity index (χ2n) is 8.04. The van der Waals surface area contributed by atoms with Crippen LogP contribution in [0.5, 0.6) is 0 Å². The van der Waals surface area contributed by atoms with Crippen molar-refractivity contribution in [3.05, 3.63) is 84.1 Å². The molecule has 0 saturated carbocycles. The fraction of sp³-hybridized carbons (Fsp3) is 0.280. The maximum absolute atomic E-state index is 13.3. The maximum atomic E-state index is 13.3. The molecule has 5 rings (SSSR count). The van der Waals surface area contributed by atoms with Gasteiger partial charge >= 0.3 is 0 Å². The molecule has 3 atom stereocenters. The van der Waals surface area contributed by atoms with Crippen LogP contribution in [0.3, 0.4) is 0 Å². The lowest BCUT2D eigenvalue weighted by Crippen LogP contribution is -2.61. The Labute approximate surface area is 170 Å². The summed E-state index contributed by atoms with van der Waals surface area (Å²) in [5.41, 5.74) is 3.47. The van der Waals surface area contributed by atoms with Gasteiger partial charge in [0.15, 0.2) is 11.6 Å². The number of ketones is 2. The molecule has 2 heterocycles. The topological polar surface area (TPSA) is 49.4 Å². The number of fused-ring (bicyclic) bond motifs is 5. The average molecular weight is 384 g/mol. The van der Waals surface area contributed by atoms with Crippen LogP contribution in [0.25, 0.3) is 5.57 Å². The molecule has 2 aromatic rings. The van der Waals surface area contributed by atoms with Crippen molar-refractivity contribution in [1.82, 2.24) is 4.90 Å². The molecule has 4 nitrogen and oxygen atoms in total. The number of hydrogen-bond donors (Lipinski definition) is 1. The van der Waals surface area contributed by atoms with Gasteiger partial charge in [0.2, 0.25) is 0 Å². The predicted molar refractivity (Wildman–Crippen MR) is 114 cm³/mol. The molecule has 1 aliphatic carbocycles. The van der Waals surface area contributed by atoms with Crippen molar-refractivity contribution in [2.24, 2.45) is 5.92 Å². The Balaban J connectivity index is 1.79. The Morgan fingerprint density at radius 2 is 1.69 bits per heavy atom. The Bertz CT molecular complexity index is 1040. The van der Waals surface area contributed by atoms with E-state index in [-0.39, 0.29) is 11.6 Å². The largest absolute Gasteiger partial charge is 0.370 e. The monoisotopic (exact) mass is 384 g/mol. The van der Waals surface area contributed by atoms with Crippen LogP contribution in [0.2, 0.25) is 0 Å². The number of benzene rings is 2. The first-order valence-corrected chi connectivity index (χ1v) is 10.3. The summed E-state index contributed by atoms with van der Waals surface area (Å²) in [5, 5.41) is 3.69. The molecule has 0 radical (unpaired) electrons. The summed E-state index contributed by atoms with van der Waals surface area (Å²) in [7, 11) is 0. The van der Waals surface area contributed by atoms with Gasteiger partial charge in [0.1, 0.15) is 11.6 Å². The van der Waals surface area contributed by atoms with Gasteiger partial charge in [-0.05, 0) is 30.2 Å². The second-order valence-corrected chi connectivity index (χ2v) is 8.04. The van der Waals surface area contributed by atoms with E-state index in [0.29, 0.717) is 0 Å². The zero-order valence-corrected chi connectivity index (χ0v) is 16.5. The van der Waals surface area contributed by atoms with Crippen molar-refractivity contribution in [3.63, 3.8) is 0 Å². The Morgan fingerprint density at radius 1 is 0.966 bits per heavy atom. The summed E-state index contributed by atoms with van der Waals surface area (Å²) in [6.45, 7) is 2.91. The Kier molecular flexibility index (Phi) is 4.16. The molecule has 2 aliphatic heterocycles. The molecule has 1 N–H and O–H groups in total. The molecule has 0 spiro atoms. The van der Waals surface area contributed by atoms with Crippen LogP contribution in [0.1, 0.15) is 30.9 Å². The molecule has 0 fully saturated rings. The first kappa shape index (κ1) is 17.9. The van der Waals surface area contributed by atoms with Gasteiger partial charge in [-0.25, -0.2) is 0 Å². The lowest BCUT2D eigenvalue weighted by Gasteiger charge is -2.50. The minimum atomic E-state index is -0.740. The highest BCUT2D eigenvalue weighted by molar-refractivity contribution is 6.12. The summed E-state index contributed by atoms with van der Waals surface area (Å²) < 4.78 is 0. The van der Waals surface area contributed by atoms with Gasteiger partial charge in [-0.3, -0.25) is 9.59 Å². The molecule has 0 bridgehead atoms. The zero-order chi connectivity index (χ0) is 20.0. The summed E-state index contributed by atoms with van der Waals surface area (Å²) in [6.07, 6.45) is 7.08. The summed E-state index contributed by atoms with van der Waals surface area (Å²) in [6, 6.07) is 17.8. The highest BCUT2D eigenvalue weighted by Crippen LogP contribution is 2.56. The van der Waals surface area contributed by atoms with E-state index in [2.05, 4.69) is 47.6 Å². The number of hydrogen-bond acceptors (Lipinski definition) is 4. The molecule has 3 unspecified atom stereocenters. The van der Waals surface area contributed by atoms with Crippen LogP contribution in [0, 0.1) is 5.92 Å². The average Bonchev–Trinajstić information content (AvgIpc) is 3.10. The van der Waals surface area contributed by atoms with Crippen LogP contribution in [-0.2, 0) is 15.1 Å². The van der Waals surface area contributed by atoms with Gasteiger partial charge in [0, 0.05) is 29.6 Å². The first-order valence-electron chi connectivity index (χ1n) is 10.3. The Hall–Kier alpha value is -3.14. The minimum absolute atomic E-state index is 0.00542. The maximum Gasteiger partial charge on any atom is 0.179 e. The number of rotatable bonds is 4. The fourth-order valence-corrected chi connectivity index (χ4v) is 5.13. The molecule has 2 aromatic carbocycles. The normalized spacial score (nSPS) is 27.1. The van der Waals surface area contributed by atoms with Crippen molar-refractivity contribution < 1.29 is 9.59 Å². The first-order chi connectivity index (χ1) is 14.2. The van der Waals surface area contributed by atoms with Gasteiger partial charge < -0.3 is 10.2 Å². The third-order valence-electron chi connectivity index (χ3n) is 6.42. The molecule has 0 aromatic heterocycles. The van der Waals surface area contributed by atoms with Gasteiger partial charge in [-0.2, -0.15) is 0 Å². The molecular formula is C25H24N2O2. The van der Waals surface area contributed by atoms with Gasteiger partial charge in [0.05, 0.1) is 5.92 Å². The van der Waals surface area contributed by atoms with Crippen molar-refractivity contribution in [2.75, 3.05) is 11.9 Å². The molecular weight excluding hydrogens is 360 g/mol. The molecule has 0 amide bonds. The third-order valence-corrected chi connectivity index (χ3v) is 6.42. The number of unbranched alkanes of at least 4 members (excludes halogenated alkanes) is 1. The predicted octanol–water partition coefficient (Wildman–Crippen LogP) is 4.16. The fourth-order valence-electron chi connectivity index (χ4n) is 5.13.